The molecule has 1 fully saturated rings. The molecule has 0 aromatic heterocycles. The number of rotatable bonds is 3. The average Bonchev–Trinajstić information content (AvgIpc) is 2.05. The van der Waals surface area contributed by atoms with Gasteiger partial charge in [-0.15, -0.1) is 0 Å². The lowest BCUT2D eigenvalue weighted by molar-refractivity contribution is -0.131. The van der Waals surface area contributed by atoms with E-state index in [4.69, 9.17) is 5.11 Å². The first-order valence-electron chi connectivity index (χ1n) is 4.11. The Morgan fingerprint density at radius 2 is 2.17 bits per heavy atom. The van der Waals surface area contributed by atoms with Crippen LogP contribution in [0.25, 0.3) is 0 Å². The fraction of sp³-hybridized carbons (Fsp3) is 0.625. The van der Waals surface area contributed by atoms with Crippen LogP contribution in [0.1, 0.15) is 0 Å². The summed E-state index contributed by atoms with van der Waals surface area (Å²) in [7, 11) is 0. The summed E-state index contributed by atoms with van der Waals surface area (Å²) in [4.78, 5) is 12.3. The molecule has 0 atom stereocenters. The van der Waals surface area contributed by atoms with E-state index in [1.54, 1.807) is 6.08 Å². The maximum absolute atomic E-state index is 10.1. The number of carboxylic acids is 1. The summed E-state index contributed by atoms with van der Waals surface area (Å²) in [5.41, 5.74) is 0. The smallest absolute Gasteiger partial charge is 0.328 e. The highest BCUT2D eigenvalue weighted by Crippen LogP contribution is 1.91. The van der Waals surface area contributed by atoms with Crippen molar-refractivity contribution in [3.8, 4) is 0 Å². The van der Waals surface area contributed by atoms with Crippen molar-refractivity contribution < 1.29 is 9.90 Å². The summed E-state index contributed by atoms with van der Waals surface area (Å²) in [5, 5.41) is 11.6. The first-order chi connectivity index (χ1) is 5.79. The molecular formula is C8H14N2O2. The molecule has 0 radical (unpaired) electrons. The number of carbonyl (C=O) groups is 1. The van der Waals surface area contributed by atoms with E-state index in [1.807, 2.05) is 0 Å². The minimum atomic E-state index is -0.870. The number of hydrogen-bond acceptors (Lipinski definition) is 3. The van der Waals surface area contributed by atoms with Crippen molar-refractivity contribution in [3.63, 3.8) is 0 Å². The van der Waals surface area contributed by atoms with Gasteiger partial charge in [0.1, 0.15) is 0 Å². The van der Waals surface area contributed by atoms with Crippen LogP contribution >= 0.6 is 0 Å². The summed E-state index contributed by atoms with van der Waals surface area (Å²) >= 11 is 0. The van der Waals surface area contributed by atoms with E-state index in [0.717, 1.165) is 32.7 Å². The predicted octanol–water partition coefficient (Wildman–Crippen LogP) is -0.468. The first-order valence-corrected chi connectivity index (χ1v) is 4.11. The zero-order valence-electron chi connectivity index (χ0n) is 6.99. The number of nitrogens with one attached hydrogen (secondary N) is 1. The van der Waals surface area contributed by atoms with E-state index in [0.29, 0.717) is 0 Å². The van der Waals surface area contributed by atoms with Crippen molar-refractivity contribution >= 4 is 5.97 Å². The number of nitrogens with zero attached hydrogens (tertiary/aromatic N) is 1. The second-order valence-corrected chi connectivity index (χ2v) is 2.79. The zero-order valence-corrected chi connectivity index (χ0v) is 6.99. The fourth-order valence-corrected chi connectivity index (χ4v) is 1.20. The molecule has 1 aliphatic rings. The van der Waals surface area contributed by atoms with Gasteiger partial charge in [0.2, 0.25) is 0 Å². The van der Waals surface area contributed by atoms with Gasteiger partial charge < -0.3 is 10.4 Å². The SMILES string of the molecule is O=C(O)/C=C/CN1CCNCC1. The molecule has 1 aliphatic heterocycles. The lowest BCUT2D eigenvalue weighted by Gasteiger charge is -2.25. The Morgan fingerprint density at radius 3 is 2.75 bits per heavy atom. The quantitative estimate of drug-likeness (QED) is 0.562. The van der Waals surface area contributed by atoms with E-state index >= 15 is 0 Å². The third-order valence-electron chi connectivity index (χ3n) is 1.83. The van der Waals surface area contributed by atoms with Crippen LogP contribution in [0.15, 0.2) is 12.2 Å². The Balaban J connectivity index is 2.17. The van der Waals surface area contributed by atoms with Crippen LogP contribution < -0.4 is 5.32 Å². The maximum Gasteiger partial charge on any atom is 0.328 e. The largest absolute Gasteiger partial charge is 0.478 e. The minimum absolute atomic E-state index is 0.744. The van der Waals surface area contributed by atoms with Crippen molar-refractivity contribution in [1.82, 2.24) is 10.2 Å². The Morgan fingerprint density at radius 1 is 1.50 bits per heavy atom. The van der Waals surface area contributed by atoms with Crippen molar-refractivity contribution in [2.45, 2.75) is 0 Å². The number of hydrogen-bond donors (Lipinski definition) is 2. The van der Waals surface area contributed by atoms with Crippen LogP contribution in [-0.2, 0) is 4.79 Å². The van der Waals surface area contributed by atoms with Crippen LogP contribution in [-0.4, -0.2) is 48.7 Å². The Hall–Kier alpha value is -0.870. The van der Waals surface area contributed by atoms with Gasteiger partial charge >= 0.3 is 5.97 Å². The van der Waals surface area contributed by atoms with Gasteiger partial charge in [0.15, 0.2) is 0 Å². The van der Waals surface area contributed by atoms with E-state index in [9.17, 15) is 4.79 Å². The number of piperazine rings is 1. The van der Waals surface area contributed by atoms with E-state index < -0.39 is 5.97 Å². The Bertz CT molecular complexity index is 174. The summed E-state index contributed by atoms with van der Waals surface area (Å²) in [6, 6.07) is 0. The molecular weight excluding hydrogens is 156 g/mol. The van der Waals surface area contributed by atoms with Gasteiger partial charge in [0.25, 0.3) is 0 Å². The molecule has 4 heteroatoms. The van der Waals surface area contributed by atoms with Gasteiger partial charge in [-0.05, 0) is 0 Å². The molecule has 68 valence electrons. The van der Waals surface area contributed by atoms with Crippen LogP contribution in [0.3, 0.4) is 0 Å². The van der Waals surface area contributed by atoms with Crippen LogP contribution in [0.4, 0.5) is 0 Å². The highest BCUT2D eigenvalue weighted by atomic mass is 16.4. The van der Waals surface area contributed by atoms with Crippen LogP contribution in [0, 0.1) is 0 Å². The van der Waals surface area contributed by atoms with Gasteiger partial charge in [0.05, 0.1) is 0 Å². The zero-order chi connectivity index (χ0) is 8.81. The molecule has 0 amide bonds. The predicted molar refractivity (Wildman–Crippen MR) is 46.1 cm³/mol. The van der Waals surface area contributed by atoms with Crippen molar-refractivity contribution in [2.24, 2.45) is 0 Å². The molecule has 0 aromatic carbocycles. The normalized spacial score (nSPS) is 20.0. The summed E-state index contributed by atoms with van der Waals surface area (Å²) < 4.78 is 0. The van der Waals surface area contributed by atoms with Crippen molar-refractivity contribution in [3.05, 3.63) is 12.2 Å². The molecule has 0 saturated carbocycles. The second kappa shape index (κ2) is 4.90. The first kappa shape index (κ1) is 9.22. The van der Waals surface area contributed by atoms with Gasteiger partial charge in [-0.3, -0.25) is 4.90 Å². The van der Waals surface area contributed by atoms with E-state index in [-0.39, 0.29) is 0 Å². The van der Waals surface area contributed by atoms with Crippen molar-refractivity contribution in [1.29, 1.82) is 0 Å². The lowest BCUT2D eigenvalue weighted by Crippen LogP contribution is -2.43. The summed E-state index contributed by atoms with van der Waals surface area (Å²) in [6.07, 6.45) is 2.88. The van der Waals surface area contributed by atoms with E-state index in [1.165, 1.54) is 6.08 Å². The molecule has 4 nitrogen and oxygen atoms in total. The highest BCUT2D eigenvalue weighted by Gasteiger charge is 2.06. The van der Waals surface area contributed by atoms with E-state index in [2.05, 4.69) is 10.2 Å². The third-order valence-corrected chi connectivity index (χ3v) is 1.83. The minimum Gasteiger partial charge on any atom is -0.478 e. The fourth-order valence-electron chi connectivity index (χ4n) is 1.20. The van der Waals surface area contributed by atoms with Crippen LogP contribution in [0.5, 0.6) is 0 Å². The Labute approximate surface area is 71.9 Å². The summed E-state index contributed by atoms with van der Waals surface area (Å²) in [5.74, 6) is -0.870. The molecule has 0 spiro atoms. The molecule has 0 aliphatic carbocycles. The molecule has 0 bridgehead atoms. The number of aliphatic carboxylic acids is 1. The van der Waals surface area contributed by atoms with Crippen molar-refractivity contribution in [2.75, 3.05) is 32.7 Å². The molecule has 1 saturated heterocycles. The molecule has 12 heavy (non-hydrogen) atoms. The molecule has 0 unspecified atom stereocenters. The van der Waals surface area contributed by atoms with Crippen LogP contribution in [0.2, 0.25) is 0 Å². The molecule has 1 rings (SSSR count). The summed E-state index contributed by atoms with van der Waals surface area (Å²) in [6.45, 7) is 4.75. The monoisotopic (exact) mass is 170 g/mol. The van der Waals surface area contributed by atoms with Gasteiger partial charge in [-0.2, -0.15) is 0 Å². The highest BCUT2D eigenvalue weighted by molar-refractivity contribution is 5.79. The average molecular weight is 170 g/mol. The topological polar surface area (TPSA) is 52.6 Å². The Kier molecular flexibility index (Phi) is 3.76. The lowest BCUT2D eigenvalue weighted by atomic mass is 10.3. The molecule has 2 N–H and O–H groups in total. The molecule has 0 aromatic rings. The van der Waals surface area contributed by atoms with Gasteiger partial charge in [0, 0.05) is 38.8 Å². The second-order valence-electron chi connectivity index (χ2n) is 2.79. The molecule has 1 heterocycles. The maximum atomic E-state index is 10.1. The third kappa shape index (κ3) is 3.50. The number of carboxylic acid groups (broad SMARTS) is 1. The van der Waals surface area contributed by atoms with Gasteiger partial charge in [-0.1, -0.05) is 6.08 Å². The van der Waals surface area contributed by atoms with Gasteiger partial charge in [-0.25, -0.2) is 4.79 Å². The standard InChI is InChI=1S/C8H14N2O2/c11-8(12)2-1-5-10-6-3-9-4-7-10/h1-2,9H,3-7H2,(H,11,12)/b2-1+.